The van der Waals surface area contributed by atoms with Crippen LogP contribution in [0.25, 0.3) is 121 Å². The summed E-state index contributed by atoms with van der Waals surface area (Å²) in [6.45, 7) is 15.0. The van der Waals surface area contributed by atoms with Crippen molar-refractivity contribution in [2.45, 2.75) is 34.6 Å². The van der Waals surface area contributed by atoms with Crippen LogP contribution in [0.5, 0.6) is 0 Å². The molecular formula is C71H50N4O2. The zero-order chi connectivity index (χ0) is 51.5. The molecule has 0 unspecified atom stereocenters. The highest BCUT2D eigenvalue weighted by Gasteiger charge is 2.31. The summed E-state index contributed by atoms with van der Waals surface area (Å²) in [7, 11) is 0. The maximum atomic E-state index is 6.86. The van der Waals surface area contributed by atoms with Crippen molar-refractivity contribution in [1.82, 2.24) is 8.80 Å². The summed E-state index contributed by atoms with van der Waals surface area (Å²) in [5.41, 5.74) is 21.9. The zero-order valence-electron chi connectivity index (χ0n) is 43.4. The third-order valence-electron chi connectivity index (χ3n) is 16.7. The highest BCUT2D eigenvalue weighted by Crippen LogP contribution is 2.53. The van der Waals surface area contributed by atoms with Crippen molar-refractivity contribution >= 4 is 155 Å². The second-order valence-corrected chi connectivity index (χ2v) is 20.9. The molecule has 0 aliphatic carbocycles. The lowest BCUT2D eigenvalue weighted by atomic mass is 10.0. The first-order valence-electron chi connectivity index (χ1n) is 26.6. The van der Waals surface area contributed by atoms with Gasteiger partial charge < -0.3 is 27.4 Å². The Balaban J connectivity index is 0.964. The molecule has 366 valence electrons. The molecule has 0 saturated carbocycles. The smallest absolute Gasteiger partial charge is 0.159 e. The second kappa shape index (κ2) is 15.9. The molecule has 0 radical (unpaired) electrons. The predicted octanol–water partition coefficient (Wildman–Crippen LogP) is 20.5. The van der Waals surface area contributed by atoms with Gasteiger partial charge in [-0.05, 0) is 118 Å². The third kappa shape index (κ3) is 5.74. The highest BCUT2D eigenvalue weighted by molar-refractivity contribution is 6.31. The van der Waals surface area contributed by atoms with Gasteiger partial charge in [-0.3, -0.25) is 0 Å². The molecule has 16 aromatic rings. The van der Waals surface area contributed by atoms with E-state index >= 15 is 0 Å². The number of aromatic nitrogens is 2. The summed E-state index contributed by atoms with van der Waals surface area (Å²) in [6.07, 6.45) is 6.02. The van der Waals surface area contributed by atoms with Gasteiger partial charge in [-0.2, -0.15) is 0 Å². The minimum Gasteiger partial charge on any atom is -0.454 e. The summed E-state index contributed by atoms with van der Waals surface area (Å²) in [6, 6.07) is 67.0. The standard InChI is InChI=1S/C71H50N4O2/c1-7-19-44-48-36-34-42(5)66(70(48)76-62(44)8-2)72(54-27-12-9-20-40(54)3)56-29-17-31-58-64(56)50-25-15-23-46-52-39-61-53(38-60(52)74(58)68(46)50)47-24-16-26-51-65-57(30-18-32-59(65)75(61)69(47)51)73(55-28-13-10-21-41(55)4)67-43(6)35-37-49-45-22-11-14-33-63(45)77-71(49)67/h7-39H,2H2,1,3-6H3/b19-7-. The molecule has 0 saturated heterocycles. The third-order valence-corrected chi connectivity index (χ3v) is 16.7. The molecule has 10 aromatic carbocycles. The normalized spacial score (nSPS) is 12.5. The minimum atomic E-state index is 0.764. The van der Waals surface area contributed by atoms with Gasteiger partial charge in [-0.15, -0.1) is 0 Å². The minimum absolute atomic E-state index is 0.764. The van der Waals surface area contributed by atoms with Crippen molar-refractivity contribution in [3.63, 3.8) is 0 Å². The molecule has 0 N–H and O–H groups in total. The number of hydrogen-bond donors (Lipinski definition) is 0. The Hall–Kier alpha value is -9.78. The molecule has 16 rings (SSSR count). The maximum absolute atomic E-state index is 6.86. The number of aryl methyl sites for hydroxylation is 4. The number of para-hydroxylation sites is 5. The first-order chi connectivity index (χ1) is 37.8. The fourth-order valence-electron chi connectivity index (χ4n) is 13.5. The number of nitrogens with zero attached hydrogens (tertiary/aromatic N) is 4. The van der Waals surface area contributed by atoms with Gasteiger partial charge in [0, 0.05) is 76.2 Å². The summed E-state index contributed by atoms with van der Waals surface area (Å²) >= 11 is 0. The van der Waals surface area contributed by atoms with Gasteiger partial charge >= 0.3 is 0 Å². The van der Waals surface area contributed by atoms with Crippen LogP contribution >= 0.6 is 0 Å². The van der Waals surface area contributed by atoms with E-state index in [4.69, 9.17) is 8.83 Å². The van der Waals surface area contributed by atoms with Crippen LogP contribution < -0.4 is 9.80 Å². The topological polar surface area (TPSA) is 41.6 Å². The number of rotatable bonds is 8. The van der Waals surface area contributed by atoms with Gasteiger partial charge in [-0.1, -0.05) is 146 Å². The van der Waals surface area contributed by atoms with Crippen LogP contribution in [0.15, 0.2) is 203 Å². The van der Waals surface area contributed by atoms with E-state index in [1.54, 1.807) is 0 Å². The van der Waals surface area contributed by atoms with Gasteiger partial charge in [0.15, 0.2) is 11.2 Å². The lowest BCUT2D eigenvalue weighted by molar-refractivity contribution is 0.603. The Kier molecular flexibility index (Phi) is 8.99. The number of benzene rings is 10. The van der Waals surface area contributed by atoms with Crippen LogP contribution in [-0.4, -0.2) is 8.80 Å². The lowest BCUT2D eigenvalue weighted by Gasteiger charge is -2.29. The monoisotopic (exact) mass is 990 g/mol. The van der Waals surface area contributed by atoms with E-state index in [0.717, 1.165) is 95.0 Å². The molecule has 0 bridgehead atoms. The van der Waals surface area contributed by atoms with Crippen LogP contribution in [0, 0.1) is 27.7 Å². The Morgan fingerprint density at radius 2 is 0.870 bits per heavy atom. The average molecular weight is 991 g/mol. The highest BCUT2D eigenvalue weighted by atomic mass is 16.3. The largest absolute Gasteiger partial charge is 0.454 e. The molecule has 0 amide bonds. The Labute approximate surface area is 443 Å². The van der Waals surface area contributed by atoms with E-state index < -0.39 is 0 Å². The number of anilines is 6. The molecule has 6 nitrogen and oxygen atoms in total. The molecule has 6 heteroatoms. The van der Waals surface area contributed by atoms with E-state index in [1.807, 2.05) is 13.0 Å². The zero-order valence-corrected chi connectivity index (χ0v) is 43.4. The van der Waals surface area contributed by atoms with E-state index in [2.05, 4.69) is 247 Å². The van der Waals surface area contributed by atoms with Crippen molar-refractivity contribution in [2.24, 2.45) is 0 Å². The van der Waals surface area contributed by atoms with E-state index in [9.17, 15) is 0 Å². The van der Waals surface area contributed by atoms with Crippen molar-refractivity contribution in [3.05, 3.63) is 228 Å². The maximum Gasteiger partial charge on any atom is 0.159 e. The van der Waals surface area contributed by atoms with Crippen LogP contribution in [0.4, 0.5) is 34.1 Å². The van der Waals surface area contributed by atoms with Crippen LogP contribution in [0.1, 0.15) is 40.5 Å². The molecule has 0 atom stereocenters. The molecule has 6 heterocycles. The summed E-state index contributed by atoms with van der Waals surface area (Å²) in [5.74, 6) is 0.764. The molecule has 6 aromatic heterocycles. The van der Waals surface area contributed by atoms with E-state index in [0.29, 0.717) is 0 Å². The number of allylic oxidation sites excluding steroid dienone is 1. The molecular weight excluding hydrogens is 941 g/mol. The predicted molar refractivity (Wildman–Crippen MR) is 326 cm³/mol. The van der Waals surface area contributed by atoms with Gasteiger partial charge in [-0.25, -0.2) is 0 Å². The summed E-state index contributed by atoms with van der Waals surface area (Å²) in [5, 5.41) is 13.0. The average Bonchev–Trinajstić information content (AvgIpc) is 3.68. The quantitative estimate of drug-likeness (QED) is 0.152. The Morgan fingerprint density at radius 3 is 1.42 bits per heavy atom. The van der Waals surface area contributed by atoms with Crippen molar-refractivity contribution in [3.8, 4) is 0 Å². The van der Waals surface area contributed by atoms with Gasteiger partial charge in [0.2, 0.25) is 0 Å². The first kappa shape index (κ1) is 43.6. The number of fused-ring (bicyclic) bond motifs is 16. The fraction of sp³-hybridized carbons (Fsp3) is 0.0704. The van der Waals surface area contributed by atoms with Gasteiger partial charge in [0.05, 0.1) is 55.8 Å². The SMILES string of the molecule is C=Cc1oc2c(N(c3ccccc3C)c3cccc4c3c3cccc5c6cc7c(cc6n4c53)c3cccc4c5c(N(c6ccccc6C)c6c(C)ccc8c6oc6ccccc68)cccc5n7c34)c(C)ccc2c1/C=C\C. The van der Waals surface area contributed by atoms with Gasteiger partial charge in [0.1, 0.15) is 11.3 Å². The number of hydrogen-bond acceptors (Lipinski definition) is 4. The van der Waals surface area contributed by atoms with Crippen molar-refractivity contribution in [1.29, 1.82) is 0 Å². The molecule has 0 aliphatic rings. The molecule has 77 heavy (non-hydrogen) atoms. The van der Waals surface area contributed by atoms with E-state index in [1.165, 1.54) is 81.8 Å². The number of furan rings is 2. The van der Waals surface area contributed by atoms with Gasteiger partial charge in [0.25, 0.3) is 0 Å². The summed E-state index contributed by atoms with van der Waals surface area (Å²) in [4.78, 5) is 4.90. The Bertz CT molecular complexity index is 5210. The fourth-order valence-corrected chi connectivity index (χ4v) is 13.5. The van der Waals surface area contributed by atoms with E-state index in [-0.39, 0.29) is 0 Å². The van der Waals surface area contributed by atoms with Crippen LogP contribution in [0.2, 0.25) is 0 Å². The molecule has 0 spiro atoms. The Morgan fingerprint density at radius 1 is 0.403 bits per heavy atom. The lowest BCUT2D eigenvalue weighted by Crippen LogP contribution is -2.13. The summed E-state index contributed by atoms with van der Waals surface area (Å²) < 4.78 is 18.8. The first-order valence-corrected chi connectivity index (χ1v) is 26.6. The van der Waals surface area contributed by atoms with Crippen molar-refractivity contribution < 1.29 is 8.83 Å². The van der Waals surface area contributed by atoms with Crippen molar-refractivity contribution in [2.75, 3.05) is 9.80 Å². The van der Waals surface area contributed by atoms with Crippen LogP contribution in [0.3, 0.4) is 0 Å². The molecule has 0 aliphatic heterocycles. The molecule has 0 fully saturated rings. The second-order valence-electron chi connectivity index (χ2n) is 20.9. The van der Waals surface area contributed by atoms with Crippen LogP contribution in [-0.2, 0) is 0 Å².